The van der Waals surface area contributed by atoms with Gasteiger partial charge in [0.05, 0.1) is 0 Å². The predicted molar refractivity (Wildman–Crippen MR) is 78.9 cm³/mol. The molecule has 0 aromatic rings. The normalized spacial score (nSPS) is 33.8. The van der Waals surface area contributed by atoms with Crippen LogP contribution in [0.1, 0.15) is 64.7 Å². The molecule has 1 aliphatic carbocycles. The SMILES string of the molecule is CCC1CCCCC1N(C)CCC1CCCCN1. The zero-order valence-corrected chi connectivity index (χ0v) is 12.5. The minimum atomic E-state index is 0.796. The molecule has 2 aliphatic rings. The molecule has 2 fully saturated rings. The molecule has 1 heterocycles. The van der Waals surface area contributed by atoms with E-state index in [1.807, 2.05) is 0 Å². The number of hydrogen-bond donors (Lipinski definition) is 1. The Balaban J connectivity index is 1.73. The van der Waals surface area contributed by atoms with Crippen LogP contribution in [-0.4, -0.2) is 37.1 Å². The van der Waals surface area contributed by atoms with Gasteiger partial charge in [0, 0.05) is 12.1 Å². The molecule has 18 heavy (non-hydrogen) atoms. The van der Waals surface area contributed by atoms with Gasteiger partial charge < -0.3 is 10.2 Å². The highest BCUT2D eigenvalue weighted by atomic mass is 15.1. The van der Waals surface area contributed by atoms with Gasteiger partial charge in [-0.05, 0) is 58.2 Å². The number of piperidine rings is 1. The van der Waals surface area contributed by atoms with E-state index in [0.29, 0.717) is 0 Å². The molecule has 1 aliphatic heterocycles. The van der Waals surface area contributed by atoms with Gasteiger partial charge in [-0.15, -0.1) is 0 Å². The van der Waals surface area contributed by atoms with Crippen molar-refractivity contribution >= 4 is 0 Å². The van der Waals surface area contributed by atoms with Crippen LogP contribution in [0.4, 0.5) is 0 Å². The quantitative estimate of drug-likeness (QED) is 0.806. The van der Waals surface area contributed by atoms with Crippen molar-refractivity contribution in [2.75, 3.05) is 20.1 Å². The highest BCUT2D eigenvalue weighted by Crippen LogP contribution is 2.30. The van der Waals surface area contributed by atoms with Crippen LogP contribution in [0, 0.1) is 5.92 Å². The average molecular weight is 252 g/mol. The lowest BCUT2D eigenvalue weighted by atomic mass is 9.82. The predicted octanol–water partition coefficient (Wildman–Crippen LogP) is 3.42. The molecule has 1 saturated carbocycles. The number of hydrogen-bond acceptors (Lipinski definition) is 2. The molecule has 1 N–H and O–H groups in total. The average Bonchev–Trinajstić information content (AvgIpc) is 2.45. The van der Waals surface area contributed by atoms with Crippen LogP contribution in [-0.2, 0) is 0 Å². The van der Waals surface area contributed by atoms with Crippen molar-refractivity contribution in [1.29, 1.82) is 0 Å². The lowest BCUT2D eigenvalue weighted by molar-refractivity contribution is 0.120. The van der Waals surface area contributed by atoms with Crippen molar-refractivity contribution in [2.45, 2.75) is 76.8 Å². The van der Waals surface area contributed by atoms with Gasteiger partial charge >= 0.3 is 0 Å². The first kappa shape index (κ1) is 14.3. The van der Waals surface area contributed by atoms with Crippen LogP contribution in [0.2, 0.25) is 0 Å². The standard InChI is InChI=1S/C16H32N2/c1-3-14-8-4-5-10-16(14)18(2)13-11-15-9-6-7-12-17-15/h14-17H,3-13H2,1-2H3. The topological polar surface area (TPSA) is 15.3 Å². The van der Waals surface area contributed by atoms with Gasteiger partial charge in [0.2, 0.25) is 0 Å². The summed E-state index contributed by atoms with van der Waals surface area (Å²) in [5, 5.41) is 3.68. The molecule has 3 atom stereocenters. The Kier molecular flexibility index (Phi) is 5.97. The molecule has 0 amide bonds. The zero-order chi connectivity index (χ0) is 12.8. The fourth-order valence-corrected chi connectivity index (χ4v) is 3.94. The van der Waals surface area contributed by atoms with Crippen LogP contribution >= 0.6 is 0 Å². The van der Waals surface area contributed by atoms with Gasteiger partial charge in [0.1, 0.15) is 0 Å². The van der Waals surface area contributed by atoms with E-state index >= 15 is 0 Å². The lowest BCUT2D eigenvalue weighted by Crippen LogP contribution is -2.43. The zero-order valence-electron chi connectivity index (χ0n) is 12.5. The third-order valence-electron chi connectivity index (χ3n) is 5.20. The highest BCUT2D eigenvalue weighted by molar-refractivity contribution is 4.82. The molecule has 106 valence electrons. The summed E-state index contributed by atoms with van der Waals surface area (Å²) in [5.74, 6) is 0.961. The van der Waals surface area contributed by atoms with Crippen molar-refractivity contribution in [2.24, 2.45) is 5.92 Å². The summed E-state index contributed by atoms with van der Waals surface area (Å²) in [7, 11) is 2.36. The summed E-state index contributed by atoms with van der Waals surface area (Å²) in [6, 6.07) is 1.66. The van der Waals surface area contributed by atoms with E-state index < -0.39 is 0 Å². The van der Waals surface area contributed by atoms with Crippen molar-refractivity contribution in [3.63, 3.8) is 0 Å². The monoisotopic (exact) mass is 252 g/mol. The van der Waals surface area contributed by atoms with E-state index in [1.54, 1.807) is 0 Å². The molecule has 0 aromatic carbocycles. The second-order valence-corrected chi connectivity index (χ2v) is 6.44. The first-order chi connectivity index (χ1) is 8.81. The molecule has 1 saturated heterocycles. The first-order valence-electron chi connectivity index (χ1n) is 8.25. The molecule has 2 nitrogen and oxygen atoms in total. The summed E-state index contributed by atoms with van der Waals surface area (Å²) in [4.78, 5) is 2.67. The van der Waals surface area contributed by atoms with Crippen molar-refractivity contribution in [3.8, 4) is 0 Å². The van der Waals surface area contributed by atoms with Crippen LogP contribution in [0.25, 0.3) is 0 Å². The minimum absolute atomic E-state index is 0.796. The van der Waals surface area contributed by atoms with E-state index in [1.165, 1.54) is 70.9 Å². The molecule has 0 aromatic heterocycles. The van der Waals surface area contributed by atoms with E-state index in [4.69, 9.17) is 0 Å². The van der Waals surface area contributed by atoms with Gasteiger partial charge in [-0.3, -0.25) is 0 Å². The molecular formula is C16H32N2. The number of nitrogens with one attached hydrogen (secondary N) is 1. The molecule has 3 unspecified atom stereocenters. The Morgan fingerprint density at radius 1 is 1.06 bits per heavy atom. The van der Waals surface area contributed by atoms with Crippen molar-refractivity contribution < 1.29 is 0 Å². The largest absolute Gasteiger partial charge is 0.314 e. The van der Waals surface area contributed by atoms with Gasteiger partial charge in [-0.1, -0.05) is 32.6 Å². The first-order valence-corrected chi connectivity index (χ1v) is 8.25. The van der Waals surface area contributed by atoms with Crippen LogP contribution in [0.3, 0.4) is 0 Å². The summed E-state index contributed by atoms with van der Waals surface area (Å²) in [6.45, 7) is 4.91. The van der Waals surface area contributed by atoms with Gasteiger partial charge in [0.15, 0.2) is 0 Å². The fraction of sp³-hybridized carbons (Fsp3) is 1.00. The Hall–Kier alpha value is -0.0800. The summed E-state index contributed by atoms with van der Waals surface area (Å²) >= 11 is 0. The van der Waals surface area contributed by atoms with Crippen LogP contribution in [0.15, 0.2) is 0 Å². The second-order valence-electron chi connectivity index (χ2n) is 6.44. The molecule has 2 heteroatoms. The van der Waals surface area contributed by atoms with Crippen molar-refractivity contribution in [1.82, 2.24) is 10.2 Å². The minimum Gasteiger partial charge on any atom is -0.314 e. The Morgan fingerprint density at radius 2 is 1.83 bits per heavy atom. The van der Waals surface area contributed by atoms with E-state index in [9.17, 15) is 0 Å². The van der Waals surface area contributed by atoms with E-state index in [0.717, 1.165) is 18.0 Å². The maximum atomic E-state index is 3.68. The van der Waals surface area contributed by atoms with Crippen molar-refractivity contribution in [3.05, 3.63) is 0 Å². The fourth-order valence-electron chi connectivity index (χ4n) is 3.94. The molecule has 0 bridgehead atoms. The highest BCUT2D eigenvalue weighted by Gasteiger charge is 2.27. The summed E-state index contributed by atoms with van der Waals surface area (Å²) in [6.07, 6.45) is 12.8. The maximum absolute atomic E-state index is 3.68. The Labute approximate surface area is 114 Å². The summed E-state index contributed by atoms with van der Waals surface area (Å²) < 4.78 is 0. The molecule has 0 spiro atoms. The molecule has 2 rings (SSSR count). The van der Waals surface area contributed by atoms with Gasteiger partial charge in [-0.25, -0.2) is 0 Å². The molecular weight excluding hydrogens is 220 g/mol. The number of nitrogens with zero attached hydrogens (tertiary/aromatic N) is 1. The van der Waals surface area contributed by atoms with E-state index in [-0.39, 0.29) is 0 Å². The van der Waals surface area contributed by atoms with E-state index in [2.05, 4.69) is 24.2 Å². The molecule has 0 radical (unpaired) electrons. The summed E-state index contributed by atoms with van der Waals surface area (Å²) in [5.41, 5.74) is 0. The van der Waals surface area contributed by atoms with Crippen LogP contribution < -0.4 is 5.32 Å². The number of rotatable bonds is 5. The van der Waals surface area contributed by atoms with Crippen LogP contribution in [0.5, 0.6) is 0 Å². The Morgan fingerprint density at radius 3 is 2.56 bits per heavy atom. The second kappa shape index (κ2) is 7.49. The third-order valence-corrected chi connectivity index (χ3v) is 5.20. The third kappa shape index (κ3) is 3.96. The van der Waals surface area contributed by atoms with Gasteiger partial charge in [0.25, 0.3) is 0 Å². The Bertz CT molecular complexity index is 223. The lowest BCUT2D eigenvalue weighted by Gasteiger charge is -2.38. The van der Waals surface area contributed by atoms with Gasteiger partial charge in [-0.2, -0.15) is 0 Å². The smallest absolute Gasteiger partial charge is 0.0120 e. The maximum Gasteiger partial charge on any atom is 0.0120 e.